The first-order valence-corrected chi connectivity index (χ1v) is 9.08. The van der Waals surface area contributed by atoms with Crippen LogP contribution in [0.4, 0.5) is 11.5 Å². The van der Waals surface area contributed by atoms with E-state index >= 15 is 0 Å². The molecule has 9 heteroatoms. The van der Waals surface area contributed by atoms with Crippen molar-refractivity contribution in [1.82, 2.24) is 14.5 Å². The lowest BCUT2D eigenvalue weighted by atomic mass is 10.0. The summed E-state index contributed by atoms with van der Waals surface area (Å²) in [5.74, 6) is -0.513. The van der Waals surface area contributed by atoms with Crippen LogP contribution in [-0.2, 0) is 4.79 Å². The highest BCUT2D eigenvalue weighted by molar-refractivity contribution is 5.96. The number of primary amides is 1. The second kappa shape index (κ2) is 8.10. The van der Waals surface area contributed by atoms with E-state index in [0.717, 1.165) is 12.8 Å². The Morgan fingerprint density at radius 3 is 2.61 bits per heavy atom. The number of para-hydroxylation sites is 1. The predicted octanol–water partition coefficient (Wildman–Crippen LogP) is 1.10. The largest absolute Gasteiger partial charge is 0.383 e. The fourth-order valence-electron chi connectivity index (χ4n) is 3.50. The summed E-state index contributed by atoms with van der Waals surface area (Å²) in [5.41, 5.74) is 12.3. The van der Waals surface area contributed by atoms with Crippen molar-refractivity contribution < 1.29 is 9.59 Å². The summed E-state index contributed by atoms with van der Waals surface area (Å²) >= 11 is 0. The predicted molar refractivity (Wildman–Crippen MR) is 104 cm³/mol. The Bertz CT molecular complexity index is 923. The Labute approximate surface area is 162 Å². The van der Waals surface area contributed by atoms with Gasteiger partial charge in [0.25, 0.3) is 5.91 Å². The molecule has 1 saturated heterocycles. The molecule has 2 heterocycles. The van der Waals surface area contributed by atoms with Crippen molar-refractivity contribution in [2.75, 3.05) is 24.1 Å². The van der Waals surface area contributed by atoms with Gasteiger partial charge >= 0.3 is 0 Å². The molecule has 1 aromatic carbocycles. The van der Waals surface area contributed by atoms with Crippen LogP contribution in [0, 0.1) is 11.3 Å². The molecule has 1 fully saturated rings. The Morgan fingerprint density at radius 2 is 2.00 bits per heavy atom. The Hall–Kier alpha value is -3.38. The summed E-state index contributed by atoms with van der Waals surface area (Å²) in [6, 6.07) is 8.76. The standard InChI is InChI=1S/C19H23N7O2/c1-12(19(28)24-15-5-3-2-4-13(15)10-20)25-8-6-14(7-9-25)26-11-23-16(17(26)21)18(22)27/h2-5,11-12,14H,6-9,21H2,1H3,(H2,22,27)(H,24,28). The van der Waals surface area contributed by atoms with E-state index in [1.165, 1.54) is 0 Å². The van der Waals surface area contributed by atoms with Crippen LogP contribution in [0.3, 0.4) is 0 Å². The topological polar surface area (TPSA) is 143 Å². The zero-order valence-electron chi connectivity index (χ0n) is 15.6. The number of anilines is 2. The number of nitrogens with one attached hydrogen (secondary N) is 1. The molecule has 146 valence electrons. The number of nitrogen functional groups attached to an aromatic ring is 1. The van der Waals surface area contributed by atoms with Crippen molar-refractivity contribution in [2.45, 2.75) is 31.8 Å². The van der Waals surface area contributed by atoms with Gasteiger partial charge in [-0.2, -0.15) is 5.26 Å². The Morgan fingerprint density at radius 1 is 1.32 bits per heavy atom. The van der Waals surface area contributed by atoms with Gasteiger partial charge in [0.2, 0.25) is 5.91 Å². The third kappa shape index (κ3) is 3.82. The van der Waals surface area contributed by atoms with Gasteiger partial charge in [0.05, 0.1) is 23.6 Å². The molecule has 1 aliphatic rings. The molecule has 1 unspecified atom stereocenters. The highest BCUT2D eigenvalue weighted by Gasteiger charge is 2.29. The smallest absolute Gasteiger partial charge is 0.271 e. The van der Waals surface area contributed by atoms with E-state index in [-0.39, 0.29) is 29.5 Å². The molecule has 2 amide bonds. The number of nitrogens with two attached hydrogens (primary N) is 2. The molecule has 5 N–H and O–H groups in total. The number of likely N-dealkylation sites (tertiary alicyclic amines) is 1. The number of nitrogens with zero attached hydrogens (tertiary/aromatic N) is 4. The van der Waals surface area contributed by atoms with Crippen molar-refractivity contribution in [3.05, 3.63) is 41.9 Å². The molecule has 0 aliphatic carbocycles. The number of imidazole rings is 1. The summed E-state index contributed by atoms with van der Waals surface area (Å²) in [5, 5.41) is 12.0. The SMILES string of the molecule is CC(C(=O)Nc1ccccc1C#N)N1CCC(n2cnc(C(N)=O)c2N)CC1. The van der Waals surface area contributed by atoms with Crippen molar-refractivity contribution in [3.63, 3.8) is 0 Å². The van der Waals surface area contributed by atoms with E-state index in [9.17, 15) is 9.59 Å². The monoisotopic (exact) mass is 381 g/mol. The van der Waals surface area contributed by atoms with Crippen LogP contribution in [0.15, 0.2) is 30.6 Å². The van der Waals surface area contributed by atoms with Gasteiger partial charge in [-0.05, 0) is 31.9 Å². The third-order valence-corrected chi connectivity index (χ3v) is 5.19. The van der Waals surface area contributed by atoms with Crippen molar-refractivity contribution in [1.29, 1.82) is 5.26 Å². The number of carbonyl (C=O) groups excluding carboxylic acids is 2. The van der Waals surface area contributed by atoms with E-state index in [4.69, 9.17) is 16.7 Å². The van der Waals surface area contributed by atoms with Crippen LogP contribution in [0.5, 0.6) is 0 Å². The van der Waals surface area contributed by atoms with E-state index in [0.29, 0.717) is 24.3 Å². The molecule has 1 aromatic heterocycles. The summed E-state index contributed by atoms with van der Waals surface area (Å²) in [4.78, 5) is 30.0. The molecule has 1 atom stereocenters. The van der Waals surface area contributed by atoms with Gasteiger partial charge in [-0.15, -0.1) is 0 Å². The van der Waals surface area contributed by atoms with Gasteiger partial charge in [-0.25, -0.2) is 4.98 Å². The molecule has 2 aromatic rings. The van der Waals surface area contributed by atoms with Crippen LogP contribution in [0.1, 0.15) is 41.9 Å². The lowest BCUT2D eigenvalue weighted by Gasteiger charge is -2.36. The Balaban J connectivity index is 1.60. The van der Waals surface area contributed by atoms with Crippen LogP contribution >= 0.6 is 0 Å². The van der Waals surface area contributed by atoms with Crippen LogP contribution in [0.2, 0.25) is 0 Å². The average Bonchev–Trinajstić information content (AvgIpc) is 3.09. The molecule has 0 radical (unpaired) electrons. The molecule has 28 heavy (non-hydrogen) atoms. The number of piperidine rings is 1. The van der Waals surface area contributed by atoms with Crippen LogP contribution in [-0.4, -0.2) is 45.4 Å². The van der Waals surface area contributed by atoms with Crippen molar-refractivity contribution >= 4 is 23.3 Å². The van der Waals surface area contributed by atoms with Crippen LogP contribution in [0.25, 0.3) is 0 Å². The van der Waals surface area contributed by atoms with Gasteiger partial charge in [-0.3, -0.25) is 14.5 Å². The van der Waals surface area contributed by atoms with E-state index in [1.807, 2.05) is 6.92 Å². The first-order valence-electron chi connectivity index (χ1n) is 9.08. The van der Waals surface area contributed by atoms with Gasteiger partial charge in [0, 0.05) is 19.1 Å². The quantitative estimate of drug-likeness (QED) is 0.707. The zero-order chi connectivity index (χ0) is 20.3. The highest BCUT2D eigenvalue weighted by Crippen LogP contribution is 2.27. The highest BCUT2D eigenvalue weighted by atomic mass is 16.2. The average molecular weight is 381 g/mol. The number of benzene rings is 1. The lowest BCUT2D eigenvalue weighted by molar-refractivity contribution is -0.121. The molecule has 3 rings (SSSR count). The summed E-state index contributed by atoms with van der Waals surface area (Å²) < 4.78 is 1.78. The maximum absolute atomic E-state index is 12.6. The van der Waals surface area contributed by atoms with E-state index < -0.39 is 5.91 Å². The summed E-state index contributed by atoms with van der Waals surface area (Å²) in [7, 11) is 0. The minimum absolute atomic E-state index is 0.0892. The fraction of sp³-hybridized carbons (Fsp3) is 0.368. The second-order valence-corrected chi connectivity index (χ2v) is 6.84. The maximum atomic E-state index is 12.6. The van der Waals surface area contributed by atoms with Gasteiger partial charge in [0.1, 0.15) is 11.9 Å². The van der Waals surface area contributed by atoms with Gasteiger partial charge in [0.15, 0.2) is 5.69 Å². The number of aromatic nitrogens is 2. The third-order valence-electron chi connectivity index (χ3n) is 5.19. The summed E-state index contributed by atoms with van der Waals surface area (Å²) in [6.45, 7) is 3.24. The molecule has 0 spiro atoms. The van der Waals surface area contributed by atoms with Crippen molar-refractivity contribution in [2.24, 2.45) is 5.73 Å². The zero-order valence-corrected chi connectivity index (χ0v) is 15.6. The summed E-state index contributed by atoms with van der Waals surface area (Å²) in [6.07, 6.45) is 3.08. The lowest BCUT2D eigenvalue weighted by Crippen LogP contribution is -2.46. The molecule has 0 saturated carbocycles. The minimum Gasteiger partial charge on any atom is -0.383 e. The van der Waals surface area contributed by atoms with Gasteiger partial charge < -0.3 is 21.4 Å². The number of carbonyl (C=O) groups is 2. The minimum atomic E-state index is -0.642. The first kappa shape index (κ1) is 19.4. The number of rotatable bonds is 5. The number of hydrogen-bond donors (Lipinski definition) is 3. The molecular weight excluding hydrogens is 358 g/mol. The normalized spacial score (nSPS) is 16.3. The van der Waals surface area contributed by atoms with Crippen molar-refractivity contribution in [3.8, 4) is 6.07 Å². The fourth-order valence-corrected chi connectivity index (χ4v) is 3.50. The van der Waals surface area contributed by atoms with E-state index in [1.54, 1.807) is 35.2 Å². The van der Waals surface area contributed by atoms with E-state index in [2.05, 4.69) is 21.3 Å². The van der Waals surface area contributed by atoms with Crippen LogP contribution < -0.4 is 16.8 Å². The molecular formula is C19H23N7O2. The number of amides is 2. The molecule has 9 nitrogen and oxygen atoms in total. The number of nitriles is 1. The Kier molecular flexibility index (Phi) is 5.61. The van der Waals surface area contributed by atoms with Gasteiger partial charge in [-0.1, -0.05) is 12.1 Å². The molecule has 0 bridgehead atoms. The second-order valence-electron chi connectivity index (χ2n) is 6.84. The number of hydrogen-bond acceptors (Lipinski definition) is 6. The first-order chi connectivity index (χ1) is 13.4. The maximum Gasteiger partial charge on any atom is 0.271 e. The molecule has 1 aliphatic heterocycles.